The highest BCUT2D eigenvalue weighted by atomic mass is 19.3. The van der Waals surface area contributed by atoms with E-state index in [1.54, 1.807) is 6.92 Å². The van der Waals surface area contributed by atoms with E-state index < -0.39 is 5.92 Å². The van der Waals surface area contributed by atoms with Crippen LogP contribution in [0.25, 0.3) is 22.5 Å². The molecule has 7 nitrogen and oxygen atoms in total. The number of aromatic amines is 1. The summed E-state index contributed by atoms with van der Waals surface area (Å²) in [5.41, 5.74) is 3.65. The van der Waals surface area contributed by atoms with E-state index in [-0.39, 0.29) is 24.7 Å². The highest BCUT2D eigenvalue weighted by Crippen LogP contribution is 2.34. The smallest absolute Gasteiger partial charge is 0.240 e. The summed E-state index contributed by atoms with van der Waals surface area (Å²) in [7, 11) is 0. The van der Waals surface area contributed by atoms with Crippen molar-refractivity contribution >= 4 is 0 Å². The van der Waals surface area contributed by atoms with Gasteiger partial charge >= 0.3 is 5.92 Å². The molecule has 0 radical (unpaired) electrons. The summed E-state index contributed by atoms with van der Waals surface area (Å²) in [4.78, 5) is 4.25. The summed E-state index contributed by atoms with van der Waals surface area (Å²) in [6.07, 6.45) is 0.905. The molecule has 0 saturated carbocycles. The number of nitrogens with zero attached hydrogens (tertiary/aromatic N) is 6. The highest BCUT2D eigenvalue weighted by Gasteiger charge is 2.37. The second-order valence-corrected chi connectivity index (χ2v) is 8.19. The predicted molar refractivity (Wildman–Crippen MR) is 122 cm³/mol. The lowest BCUT2D eigenvalue weighted by Crippen LogP contribution is -2.21. The van der Waals surface area contributed by atoms with Crippen LogP contribution < -0.4 is 0 Å². The Morgan fingerprint density at radius 1 is 1.03 bits per heavy atom. The van der Waals surface area contributed by atoms with Gasteiger partial charge in [0.2, 0.25) is 5.82 Å². The molecule has 0 spiro atoms. The third-order valence-electron chi connectivity index (χ3n) is 5.74. The second kappa shape index (κ2) is 9.56. The molecule has 0 fully saturated rings. The van der Waals surface area contributed by atoms with Crippen molar-refractivity contribution in [3.8, 4) is 22.5 Å². The van der Waals surface area contributed by atoms with E-state index in [1.807, 2.05) is 62.4 Å². The molecule has 1 N–H and O–H groups in total. The van der Waals surface area contributed by atoms with Gasteiger partial charge in [0, 0.05) is 17.9 Å². The van der Waals surface area contributed by atoms with E-state index in [1.165, 1.54) is 4.68 Å². The van der Waals surface area contributed by atoms with Crippen LogP contribution in [0.4, 0.5) is 8.78 Å². The van der Waals surface area contributed by atoms with Crippen LogP contribution in [-0.4, -0.2) is 35.4 Å². The van der Waals surface area contributed by atoms with Crippen molar-refractivity contribution in [2.75, 3.05) is 0 Å². The van der Waals surface area contributed by atoms with Crippen LogP contribution in [-0.2, 0) is 12.5 Å². The largest absolute Gasteiger partial charge is 0.306 e. The Balaban J connectivity index is 1.64. The Morgan fingerprint density at radius 2 is 1.76 bits per heavy atom. The maximum atomic E-state index is 14.8. The monoisotopic (exact) mass is 451 g/mol. The lowest BCUT2D eigenvalue weighted by molar-refractivity contribution is -0.0270. The molecule has 1 atom stereocenters. The van der Waals surface area contributed by atoms with Gasteiger partial charge in [0.25, 0.3) is 0 Å². The van der Waals surface area contributed by atoms with Crippen molar-refractivity contribution in [2.45, 2.75) is 58.4 Å². The summed E-state index contributed by atoms with van der Waals surface area (Å²) in [6.45, 7) is 5.93. The minimum Gasteiger partial charge on any atom is -0.240 e. The minimum absolute atomic E-state index is 0.0199. The fraction of sp³-hybridized carbons (Fsp3) is 0.375. The van der Waals surface area contributed by atoms with Crippen molar-refractivity contribution < 1.29 is 8.78 Å². The molecule has 0 amide bonds. The zero-order valence-corrected chi connectivity index (χ0v) is 19.0. The summed E-state index contributed by atoms with van der Waals surface area (Å²) in [5, 5.41) is 18.7. The third-order valence-corrected chi connectivity index (χ3v) is 5.74. The Kier molecular flexibility index (Phi) is 6.57. The molecule has 1 unspecified atom stereocenters. The van der Waals surface area contributed by atoms with E-state index in [0.29, 0.717) is 18.1 Å². The first-order chi connectivity index (χ1) is 15.9. The first kappa shape index (κ1) is 22.7. The highest BCUT2D eigenvalue weighted by molar-refractivity contribution is 5.80. The molecular formula is C24H27F2N7. The van der Waals surface area contributed by atoms with Crippen LogP contribution in [0.2, 0.25) is 0 Å². The zero-order valence-electron chi connectivity index (χ0n) is 19.0. The summed E-state index contributed by atoms with van der Waals surface area (Å²) >= 11 is 0. The SMILES string of the molecule is CCCC(F)(F)c1nc(C(C)CC)nn1Cc1ccc(-c2ccccc2-c2nn[nH]n2)cc1. The van der Waals surface area contributed by atoms with Crippen molar-refractivity contribution in [3.05, 3.63) is 65.7 Å². The number of tetrazole rings is 1. The second-order valence-electron chi connectivity index (χ2n) is 8.19. The van der Waals surface area contributed by atoms with Gasteiger partial charge in [-0.15, -0.1) is 10.2 Å². The Hall–Kier alpha value is -3.49. The first-order valence-electron chi connectivity index (χ1n) is 11.2. The number of benzene rings is 2. The molecule has 0 aliphatic carbocycles. The average molecular weight is 452 g/mol. The molecule has 33 heavy (non-hydrogen) atoms. The topological polar surface area (TPSA) is 85.2 Å². The minimum atomic E-state index is -3.02. The maximum Gasteiger partial charge on any atom is 0.306 e. The molecule has 2 aromatic carbocycles. The van der Waals surface area contributed by atoms with Crippen LogP contribution >= 0.6 is 0 Å². The summed E-state index contributed by atoms with van der Waals surface area (Å²) < 4.78 is 31.0. The maximum absolute atomic E-state index is 14.8. The number of halogens is 2. The van der Waals surface area contributed by atoms with Gasteiger partial charge in [0.15, 0.2) is 11.6 Å². The normalized spacial score (nSPS) is 12.8. The van der Waals surface area contributed by atoms with Gasteiger partial charge in [0.05, 0.1) is 6.54 Å². The quantitative estimate of drug-likeness (QED) is 0.359. The fourth-order valence-corrected chi connectivity index (χ4v) is 3.73. The number of alkyl halides is 2. The molecule has 2 heterocycles. The Labute approximate surface area is 191 Å². The summed E-state index contributed by atoms with van der Waals surface area (Å²) in [6, 6.07) is 15.6. The molecular weight excluding hydrogens is 424 g/mol. The van der Waals surface area contributed by atoms with Crippen molar-refractivity contribution in [1.82, 2.24) is 35.4 Å². The van der Waals surface area contributed by atoms with E-state index in [2.05, 4.69) is 30.7 Å². The lowest BCUT2D eigenvalue weighted by Gasteiger charge is -2.16. The molecule has 4 aromatic rings. The zero-order chi connectivity index (χ0) is 23.4. The average Bonchev–Trinajstić information content (AvgIpc) is 3.50. The van der Waals surface area contributed by atoms with E-state index in [0.717, 1.165) is 28.7 Å². The lowest BCUT2D eigenvalue weighted by atomic mass is 9.98. The number of hydrogen-bond donors (Lipinski definition) is 1. The summed E-state index contributed by atoms with van der Waals surface area (Å²) in [5.74, 6) is -2.28. The van der Waals surface area contributed by atoms with Crippen LogP contribution in [0.15, 0.2) is 48.5 Å². The number of nitrogens with one attached hydrogen (secondary N) is 1. The number of aromatic nitrogens is 7. The van der Waals surface area contributed by atoms with Gasteiger partial charge in [-0.2, -0.15) is 19.1 Å². The predicted octanol–water partition coefficient (Wildman–Crippen LogP) is 5.58. The fourth-order valence-electron chi connectivity index (χ4n) is 3.73. The van der Waals surface area contributed by atoms with Crippen molar-refractivity contribution in [1.29, 1.82) is 0 Å². The molecule has 0 aliphatic heterocycles. The van der Waals surface area contributed by atoms with Crippen LogP contribution in [0.1, 0.15) is 63.2 Å². The van der Waals surface area contributed by atoms with E-state index in [4.69, 9.17) is 0 Å². The van der Waals surface area contributed by atoms with Crippen molar-refractivity contribution in [3.63, 3.8) is 0 Å². The number of hydrogen-bond acceptors (Lipinski definition) is 5. The number of rotatable bonds is 9. The molecule has 0 bridgehead atoms. The van der Waals surface area contributed by atoms with Gasteiger partial charge in [-0.1, -0.05) is 69.3 Å². The van der Waals surface area contributed by atoms with Gasteiger partial charge < -0.3 is 0 Å². The van der Waals surface area contributed by atoms with Crippen LogP contribution in [0, 0.1) is 0 Å². The number of H-pyrrole nitrogens is 1. The van der Waals surface area contributed by atoms with Gasteiger partial charge in [-0.3, -0.25) is 0 Å². The Morgan fingerprint density at radius 3 is 2.39 bits per heavy atom. The van der Waals surface area contributed by atoms with Crippen LogP contribution in [0.5, 0.6) is 0 Å². The van der Waals surface area contributed by atoms with Gasteiger partial charge in [-0.05, 0) is 34.7 Å². The van der Waals surface area contributed by atoms with E-state index in [9.17, 15) is 8.78 Å². The molecule has 9 heteroatoms. The van der Waals surface area contributed by atoms with Gasteiger partial charge in [-0.25, -0.2) is 9.67 Å². The molecule has 0 aliphatic rings. The third kappa shape index (κ3) is 4.81. The molecule has 4 rings (SSSR count). The molecule has 2 aromatic heterocycles. The molecule has 0 saturated heterocycles. The van der Waals surface area contributed by atoms with Gasteiger partial charge in [0.1, 0.15) is 0 Å². The first-order valence-corrected chi connectivity index (χ1v) is 11.2. The van der Waals surface area contributed by atoms with E-state index >= 15 is 0 Å². The van der Waals surface area contributed by atoms with Crippen LogP contribution in [0.3, 0.4) is 0 Å². The Bertz CT molecular complexity index is 1180. The molecule has 172 valence electrons. The van der Waals surface area contributed by atoms with Crippen molar-refractivity contribution in [2.24, 2.45) is 0 Å². The standard InChI is InChI=1S/C24H27F2N7/c1-4-14-24(25,26)23-27-21(16(3)5-2)30-33(23)15-17-10-12-18(13-11-17)19-8-6-7-9-20(19)22-28-31-32-29-22/h6-13,16H,4-5,14-15H2,1-3H3,(H,28,29,31,32).